The van der Waals surface area contributed by atoms with Crippen LogP contribution in [0.25, 0.3) is 11.3 Å². The van der Waals surface area contributed by atoms with Crippen LogP contribution in [-0.2, 0) is 6.54 Å². The highest BCUT2D eigenvalue weighted by molar-refractivity contribution is 5.70. The maximum absolute atomic E-state index is 10.5. The van der Waals surface area contributed by atoms with Crippen molar-refractivity contribution in [3.05, 3.63) is 60.2 Å². The third kappa shape index (κ3) is 2.44. The lowest BCUT2D eigenvalue weighted by atomic mass is 10.2. The minimum atomic E-state index is 0.318. The summed E-state index contributed by atoms with van der Waals surface area (Å²) in [7, 11) is 0. The molecule has 0 aliphatic carbocycles. The molecule has 0 radical (unpaired) electrons. The van der Waals surface area contributed by atoms with Gasteiger partial charge in [0.05, 0.1) is 6.20 Å². The molecule has 0 spiro atoms. The highest BCUT2D eigenvalue weighted by atomic mass is 16.3. The first-order valence-electron chi connectivity index (χ1n) is 5.84. The highest BCUT2D eigenvalue weighted by Crippen LogP contribution is 2.15. The Labute approximate surface area is 109 Å². The monoisotopic (exact) mass is 253 g/mol. The van der Waals surface area contributed by atoms with Crippen molar-refractivity contribution in [1.29, 1.82) is 0 Å². The number of aromatic nitrogens is 3. The van der Waals surface area contributed by atoms with Gasteiger partial charge in [0.25, 0.3) is 0 Å². The number of benzene rings is 1. The van der Waals surface area contributed by atoms with Gasteiger partial charge in [0.2, 0.25) is 0 Å². The summed E-state index contributed by atoms with van der Waals surface area (Å²) in [5.41, 5.74) is 1.82. The van der Waals surface area contributed by atoms with Crippen LogP contribution in [0.15, 0.2) is 53.1 Å². The van der Waals surface area contributed by atoms with Gasteiger partial charge in [-0.1, -0.05) is 35.5 Å². The summed E-state index contributed by atoms with van der Waals surface area (Å²) < 4.78 is 6.97. The zero-order chi connectivity index (χ0) is 13.1. The summed E-state index contributed by atoms with van der Waals surface area (Å²) >= 11 is 0. The third-order valence-corrected chi connectivity index (χ3v) is 2.72. The van der Waals surface area contributed by atoms with E-state index in [9.17, 15) is 4.79 Å². The first-order valence-corrected chi connectivity index (χ1v) is 5.84. The van der Waals surface area contributed by atoms with Gasteiger partial charge in [0.15, 0.2) is 12.0 Å². The number of hydrogen-bond donors (Lipinski definition) is 0. The average Bonchev–Trinajstić information content (AvgIpc) is 3.09. The number of furan rings is 1. The summed E-state index contributed by atoms with van der Waals surface area (Å²) in [6, 6.07) is 13.2. The minimum absolute atomic E-state index is 0.318. The molecule has 0 bridgehead atoms. The van der Waals surface area contributed by atoms with Crippen molar-refractivity contribution in [2.45, 2.75) is 6.54 Å². The molecule has 94 valence electrons. The Balaban J connectivity index is 1.80. The number of nitrogens with zero attached hydrogens (tertiary/aromatic N) is 3. The number of hydrogen-bond acceptors (Lipinski definition) is 4. The van der Waals surface area contributed by atoms with Crippen LogP contribution in [0.4, 0.5) is 0 Å². The summed E-state index contributed by atoms with van der Waals surface area (Å²) in [5, 5.41) is 8.15. The molecule has 3 aromatic rings. The largest absolute Gasteiger partial charge is 0.456 e. The van der Waals surface area contributed by atoms with Crippen LogP contribution in [0.1, 0.15) is 16.3 Å². The van der Waals surface area contributed by atoms with Gasteiger partial charge in [0, 0.05) is 5.56 Å². The summed E-state index contributed by atoms with van der Waals surface area (Å²) in [6.07, 6.45) is 2.53. The van der Waals surface area contributed by atoms with E-state index in [2.05, 4.69) is 10.3 Å². The molecule has 0 aliphatic rings. The molecule has 0 aliphatic heterocycles. The predicted molar refractivity (Wildman–Crippen MR) is 68.7 cm³/mol. The maximum atomic E-state index is 10.5. The molecule has 0 unspecified atom stereocenters. The van der Waals surface area contributed by atoms with E-state index >= 15 is 0 Å². The van der Waals surface area contributed by atoms with Gasteiger partial charge >= 0.3 is 0 Å². The summed E-state index contributed by atoms with van der Waals surface area (Å²) in [4.78, 5) is 10.5. The Morgan fingerprint density at radius 3 is 2.74 bits per heavy atom. The van der Waals surface area contributed by atoms with Gasteiger partial charge < -0.3 is 4.42 Å². The van der Waals surface area contributed by atoms with Crippen LogP contribution in [0.2, 0.25) is 0 Å². The first-order chi connectivity index (χ1) is 9.35. The van der Waals surface area contributed by atoms with Gasteiger partial charge in [-0.25, -0.2) is 4.68 Å². The fraction of sp³-hybridized carbons (Fsp3) is 0.0714. The molecule has 5 heteroatoms. The number of carbonyl (C=O) groups is 1. The van der Waals surface area contributed by atoms with Gasteiger partial charge in [-0.15, -0.1) is 5.10 Å². The van der Waals surface area contributed by atoms with Crippen molar-refractivity contribution in [2.24, 2.45) is 0 Å². The molecular weight excluding hydrogens is 242 g/mol. The summed E-state index contributed by atoms with van der Waals surface area (Å²) in [5.74, 6) is 0.991. The molecule has 0 amide bonds. The number of rotatable bonds is 4. The normalized spacial score (nSPS) is 10.5. The lowest BCUT2D eigenvalue weighted by molar-refractivity contribution is 0.109. The van der Waals surface area contributed by atoms with E-state index in [0.717, 1.165) is 11.3 Å². The zero-order valence-electron chi connectivity index (χ0n) is 10.1. The molecule has 5 nitrogen and oxygen atoms in total. The Kier molecular flexibility index (Phi) is 2.94. The standard InChI is InChI=1S/C14H11N3O2/c18-10-13-7-6-12(19-13)8-17-9-14(15-16-17)11-4-2-1-3-5-11/h1-7,9-10H,8H2. The van der Waals surface area contributed by atoms with Crippen LogP contribution in [-0.4, -0.2) is 21.3 Å². The van der Waals surface area contributed by atoms with E-state index in [1.807, 2.05) is 36.5 Å². The molecule has 0 N–H and O–H groups in total. The van der Waals surface area contributed by atoms with Gasteiger partial charge in [-0.3, -0.25) is 4.79 Å². The fourth-order valence-electron chi connectivity index (χ4n) is 1.82. The van der Waals surface area contributed by atoms with Crippen molar-refractivity contribution < 1.29 is 9.21 Å². The van der Waals surface area contributed by atoms with Crippen molar-refractivity contribution >= 4 is 6.29 Å². The van der Waals surface area contributed by atoms with E-state index < -0.39 is 0 Å². The Hall–Kier alpha value is -2.69. The minimum Gasteiger partial charge on any atom is -0.456 e. The van der Waals surface area contributed by atoms with Crippen LogP contribution in [0, 0.1) is 0 Å². The number of aldehydes is 1. The molecule has 19 heavy (non-hydrogen) atoms. The Bertz CT molecular complexity index is 686. The molecule has 0 saturated heterocycles. The van der Waals surface area contributed by atoms with Crippen LogP contribution in [0.5, 0.6) is 0 Å². The average molecular weight is 253 g/mol. The topological polar surface area (TPSA) is 60.9 Å². The fourth-order valence-corrected chi connectivity index (χ4v) is 1.82. The van der Waals surface area contributed by atoms with E-state index in [1.54, 1.807) is 16.8 Å². The van der Waals surface area contributed by atoms with Crippen molar-refractivity contribution in [3.63, 3.8) is 0 Å². The van der Waals surface area contributed by atoms with E-state index in [1.165, 1.54) is 0 Å². The first kappa shape index (κ1) is 11.4. The van der Waals surface area contributed by atoms with Crippen molar-refractivity contribution in [3.8, 4) is 11.3 Å². The van der Waals surface area contributed by atoms with Gasteiger partial charge in [-0.2, -0.15) is 0 Å². The second-order valence-electron chi connectivity index (χ2n) is 4.09. The van der Waals surface area contributed by atoms with E-state index in [4.69, 9.17) is 4.42 Å². The Morgan fingerprint density at radius 1 is 1.16 bits per heavy atom. The SMILES string of the molecule is O=Cc1ccc(Cn2cc(-c3ccccc3)nn2)o1. The molecule has 0 atom stereocenters. The van der Waals surface area contributed by atoms with Crippen molar-refractivity contribution in [1.82, 2.24) is 15.0 Å². The molecule has 0 fully saturated rings. The lowest BCUT2D eigenvalue weighted by Gasteiger charge is -1.95. The smallest absolute Gasteiger partial charge is 0.185 e. The lowest BCUT2D eigenvalue weighted by Crippen LogP contribution is -1.98. The van der Waals surface area contributed by atoms with Crippen LogP contribution < -0.4 is 0 Å². The third-order valence-electron chi connectivity index (χ3n) is 2.72. The molecule has 1 aromatic carbocycles. The second-order valence-corrected chi connectivity index (χ2v) is 4.09. The molecule has 3 rings (SSSR count). The quantitative estimate of drug-likeness (QED) is 0.670. The second kappa shape index (κ2) is 4.89. The van der Waals surface area contributed by atoms with Gasteiger partial charge in [-0.05, 0) is 12.1 Å². The Morgan fingerprint density at radius 2 is 2.00 bits per heavy atom. The van der Waals surface area contributed by atoms with E-state index in [-0.39, 0.29) is 0 Å². The molecule has 0 saturated carbocycles. The van der Waals surface area contributed by atoms with Gasteiger partial charge in [0.1, 0.15) is 18.0 Å². The highest BCUT2D eigenvalue weighted by Gasteiger charge is 2.06. The number of carbonyl (C=O) groups excluding carboxylic acids is 1. The van der Waals surface area contributed by atoms with E-state index in [0.29, 0.717) is 24.4 Å². The van der Waals surface area contributed by atoms with Crippen LogP contribution >= 0.6 is 0 Å². The molecule has 2 heterocycles. The zero-order valence-corrected chi connectivity index (χ0v) is 10.1. The summed E-state index contributed by atoms with van der Waals surface area (Å²) in [6.45, 7) is 0.452. The molecule has 2 aromatic heterocycles. The van der Waals surface area contributed by atoms with Crippen molar-refractivity contribution in [2.75, 3.05) is 0 Å². The van der Waals surface area contributed by atoms with Crippen LogP contribution in [0.3, 0.4) is 0 Å². The predicted octanol–water partition coefficient (Wildman–Crippen LogP) is 2.40. The maximum Gasteiger partial charge on any atom is 0.185 e. The molecular formula is C14H11N3O2.